The van der Waals surface area contributed by atoms with E-state index in [9.17, 15) is 19.2 Å². The van der Waals surface area contributed by atoms with Gasteiger partial charge in [0.1, 0.15) is 6.29 Å². The van der Waals surface area contributed by atoms with Crippen LogP contribution in [0.25, 0.3) is 0 Å². The quantitative estimate of drug-likeness (QED) is 0.152. The Bertz CT molecular complexity index is 503. The summed E-state index contributed by atoms with van der Waals surface area (Å²) in [4.78, 5) is 44.2. The van der Waals surface area contributed by atoms with Gasteiger partial charge in [-0.2, -0.15) is 0 Å². The fraction of sp³-hybridized carbons (Fsp3) is 0.800. The first kappa shape index (κ1) is 28.9. The van der Waals surface area contributed by atoms with Crippen LogP contribution in [0.15, 0.2) is 0 Å². The number of carbonyl (C=O) groups is 4. The molecule has 0 spiro atoms. The van der Waals surface area contributed by atoms with E-state index in [1.807, 2.05) is 6.92 Å². The Balaban J connectivity index is 3.35. The van der Waals surface area contributed by atoms with Gasteiger partial charge in [-0.15, -0.1) is 0 Å². The van der Waals surface area contributed by atoms with Crippen molar-refractivity contribution >= 4 is 24.1 Å². The van der Waals surface area contributed by atoms with Crippen LogP contribution in [0.4, 0.5) is 0 Å². The van der Waals surface area contributed by atoms with Crippen LogP contribution in [0.1, 0.15) is 39.0 Å². The first-order chi connectivity index (χ1) is 15.0. The van der Waals surface area contributed by atoms with E-state index >= 15 is 0 Å². The van der Waals surface area contributed by atoms with E-state index in [1.165, 1.54) is 0 Å². The van der Waals surface area contributed by atoms with Crippen molar-refractivity contribution in [3.63, 3.8) is 0 Å². The maximum atomic E-state index is 11.7. The fourth-order valence-electron chi connectivity index (χ4n) is 2.24. The molecule has 0 aromatic heterocycles. The van der Waals surface area contributed by atoms with Crippen LogP contribution in [0, 0.1) is 0 Å². The minimum absolute atomic E-state index is 0.0336. The van der Waals surface area contributed by atoms with Crippen molar-refractivity contribution in [2.24, 2.45) is 0 Å². The Kier molecular flexibility index (Phi) is 19.7. The Morgan fingerprint density at radius 1 is 0.806 bits per heavy atom. The van der Waals surface area contributed by atoms with Crippen LogP contribution < -0.4 is 10.6 Å². The summed E-state index contributed by atoms with van der Waals surface area (Å²) in [6.45, 7) is 5.44. The van der Waals surface area contributed by atoms with E-state index in [0.29, 0.717) is 65.5 Å². The predicted octanol–water partition coefficient (Wildman–Crippen LogP) is -0.0923. The lowest BCUT2D eigenvalue weighted by Crippen LogP contribution is -2.36. The largest absolute Gasteiger partial charge is 0.481 e. The summed E-state index contributed by atoms with van der Waals surface area (Å²) in [5.41, 5.74) is 0. The molecule has 0 bridgehead atoms. The van der Waals surface area contributed by atoms with E-state index in [0.717, 1.165) is 6.42 Å². The second-order valence-electron chi connectivity index (χ2n) is 6.54. The third kappa shape index (κ3) is 21.0. The second kappa shape index (κ2) is 21.2. The molecule has 1 unspecified atom stereocenters. The van der Waals surface area contributed by atoms with E-state index in [-0.39, 0.29) is 37.7 Å². The van der Waals surface area contributed by atoms with Gasteiger partial charge in [-0.3, -0.25) is 14.4 Å². The number of aliphatic carboxylic acids is 1. The lowest BCUT2D eigenvalue weighted by Gasteiger charge is -2.11. The smallest absolute Gasteiger partial charge is 0.303 e. The molecule has 0 aliphatic heterocycles. The van der Waals surface area contributed by atoms with E-state index in [2.05, 4.69) is 10.6 Å². The molecule has 0 saturated heterocycles. The van der Waals surface area contributed by atoms with Crippen molar-refractivity contribution < 1.29 is 43.2 Å². The standard InChI is InChI=1S/C20H36N2O9/c1-2-3-18(24)21-7-9-29-11-13-31-15-14-30-12-10-28-8-6-19(25)22-17(16-23)4-5-20(26)27/h16-17H,2-15H2,1H3,(H,21,24)(H,22,25)(H,26,27). The van der Waals surface area contributed by atoms with Crippen molar-refractivity contribution in [2.75, 3.05) is 59.4 Å². The number of rotatable bonds is 22. The van der Waals surface area contributed by atoms with Crippen molar-refractivity contribution in [1.29, 1.82) is 0 Å². The van der Waals surface area contributed by atoms with Crippen LogP contribution in [-0.4, -0.2) is 94.6 Å². The van der Waals surface area contributed by atoms with Crippen LogP contribution in [-0.2, 0) is 38.1 Å². The summed E-state index contributed by atoms with van der Waals surface area (Å²) in [7, 11) is 0. The zero-order valence-electron chi connectivity index (χ0n) is 18.3. The maximum absolute atomic E-state index is 11.7. The van der Waals surface area contributed by atoms with Gasteiger partial charge in [-0.25, -0.2) is 0 Å². The summed E-state index contributed by atoms with van der Waals surface area (Å²) in [5, 5.41) is 13.8. The average molecular weight is 449 g/mol. The number of carbonyl (C=O) groups excluding carboxylic acids is 3. The van der Waals surface area contributed by atoms with Crippen LogP contribution >= 0.6 is 0 Å². The third-order valence-electron chi connectivity index (χ3n) is 3.81. The molecule has 0 aromatic carbocycles. The molecular formula is C20H36N2O9. The normalized spacial score (nSPS) is 11.6. The van der Waals surface area contributed by atoms with Gasteiger partial charge in [0.15, 0.2) is 0 Å². The summed E-state index contributed by atoms with van der Waals surface area (Å²) >= 11 is 0. The van der Waals surface area contributed by atoms with E-state index in [4.69, 9.17) is 24.1 Å². The molecule has 3 N–H and O–H groups in total. The molecule has 180 valence electrons. The van der Waals surface area contributed by atoms with Gasteiger partial charge >= 0.3 is 5.97 Å². The van der Waals surface area contributed by atoms with Crippen molar-refractivity contribution in [3.8, 4) is 0 Å². The van der Waals surface area contributed by atoms with Gasteiger partial charge in [-0.1, -0.05) is 6.92 Å². The number of amides is 2. The highest BCUT2D eigenvalue weighted by Gasteiger charge is 2.12. The third-order valence-corrected chi connectivity index (χ3v) is 3.81. The Labute approximate surface area is 183 Å². The SMILES string of the molecule is CCCC(=O)NCCOCCOCCOCCOCCC(=O)NC(C=O)CCC(=O)O. The average Bonchev–Trinajstić information content (AvgIpc) is 2.73. The van der Waals surface area contributed by atoms with Gasteiger partial charge in [-0.05, 0) is 12.8 Å². The first-order valence-electron chi connectivity index (χ1n) is 10.5. The highest BCUT2D eigenvalue weighted by atomic mass is 16.6. The van der Waals surface area contributed by atoms with Gasteiger partial charge in [0.2, 0.25) is 11.8 Å². The monoisotopic (exact) mass is 448 g/mol. The zero-order chi connectivity index (χ0) is 23.2. The molecule has 0 saturated carbocycles. The number of carboxylic acid groups (broad SMARTS) is 1. The molecule has 0 aliphatic carbocycles. The molecule has 2 amide bonds. The summed E-state index contributed by atoms with van der Waals surface area (Å²) < 4.78 is 21.3. The fourth-order valence-corrected chi connectivity index (χ4v) is 2.24. The minimum Gasteiger partial charge on any atom is -0.481 e. The second-order valence-corrected chi connectivity index (χ2v) is 6.54. The number of ether oxygens (including phenoxy) is 4. The maximum Gasteiger partial charge on any atom is 0.303 e. The number of aldehydes is 1. The zero-order valence-corrected chi connectivity index (χ0v) is 18.3. The Hall–Kier alpha value is -2.08. The molecule has 0 rings (SSSR count). The lowest BCUT2D eigenvalue weighted by atomic mass is 10.1. The highest BCUT2D eigenvalue weighted by molar-refractivity contribution is 5.80. The first-order valence-corrected chi connectivity index (χ1v) is 10.5. The molecule has 0 heterocycles. The number of carboxylic acids is 1. The number of hydrogen-bond donors (Lipinski definition) is 3. The summed E-state index contributed by atoms with van der Waals surface area (Å²) in [6.07, 6.45) is 1.83. The van der Waals surface area contributed by atoms with Crippen molar-refractivity contribution in [3.05, 3.63) is 0 Å². The molecule has 11 nitrogen and oxygen atoms in total. The van der Waals surface area contributed by atoms with Crippen LogP contribution in [0.5, 0.6) is 0 Å². The van der Waals surface area contributed by atoms with Crippen LogP contribution in [0.2, 0.25) is 0 Å². The van der Waals surface area contributed by atoms with Crippen molar-refractivity contribution in [2.45, 2.75) is 45.1 Å². The molecule has 0 radical (unpaired) electrons. The highest BCUT2D eigenvalue weighted by Crippen LogP contribution is 1.96. The van der Waals surface area contributed by atoms with Gasteiger partial charge in [0.25, 0.3) is 0 Å². The molecule has 0 fully saturated rings. The topological polar surface area (TPSA) is 149 Å². The van der Waals surface area contributed by atoms with E-state index < -0.39 is 12.0 Å². The predicted molar refractivity (Wildman–Crippen MR) is 111 cm³/mol. The Morgan fingerprint density at radius 2 is 1.35 bits per heavy atom. The minimum atomic E-state index is -1.02. The van der Waals surface area contributed by atoms with Crippen LogP contribution in [0.3, 0.4) is 0 Å². The van der Waals surface area contributed by atoms with E-state index in [1.54, 1.807) is 0 Å². The molecule has 11 heteroatoms. The lowest BCUT2D eigenvalue weighted by molar-refractivity contribution is -0.137. The Morgan fingerprint density at radius 3 is 1.87 bits per heavy atom. The van der Waals surface area contributed by atoms with Gasteiger partial charge < -0.3 is 39.5 Å². The molecule has 0 aromatic rings. The molecule has 1 atom stereocenters. The van der Waals surface area contributed by atoms with Crippen molar-refractivity contribution in [1.82, 2.24) is 10.6 Å². The molecule has 31 heavy (non-hydrogen) atoms. The number of hydrogen-bond acceptors (Lipinski definition) is 8. The van der Waals surface area contributed by atoms with Gasteiger partial charge in [0.05, 0.1) is 58.9 Å². The summed E-state index contributed by atoms with van der Waals surface area (Å²) in [6, 6.07) is -0.802. The molecular weight excluding hydrogens is 412 g/mol. The molecule has 0 aliphatic rings. The number of nitrogens with one attached hydrogen (secondary N) is 2. The van der Waals surface area contributed by atoms with Gasteiger partial charge in [0, 0.05) is 25.8 Å². The summed E-state index contributed by atoms with van der Waals surface area (Å²) in [5.74, 6) is -1.36.